The molecule has 0 saturated carbocycles. The van der Waals surface area contributed by atoms with Crippen molar-refractivity contribution in [1.82, 2.24) is 5.32 Å². The molecule has 5 nitrogen and oxygen atoms in total. The summed E-state index contributed by atoms with van der Waals surface area (Å²) >= 11 is 0. The van der Waals surface area contributed by atoms with Crippen molar-refractivity contribution in [2.75, 3.05) is 5.32 Å². The molecule has 0 bridgehead atoms. The van der Waals surface area contributed by atoms with E-state index in [0.29, 0.717) is 5.69 Å². The van der Waals surface area contributed by atoms with Gasteiger partial charge in [0, 0.05) is 5.69 Å². The number of carbonyl (C=O) groups is 2. The van der Waals surface area contributed by atoms with Crippen molar-refractivity contribution in [3.8, 4) is 0 Å². The van der Waals surface area contributed by atoms with Crippen LogP contribution in [-0.4, -0.2) is 17.2 Å². The monoisotopic (exact) mass is 180 g/mol. The van der Waals surface area contributed by atoms with Gasteiger partial charge in [0.2, 0.25) is 0 Å². The number of nitrogens with one attached hydrogen (secondary N) is 2. The second kappa shape index (κ2) is 4.10. The third-order valence-corrected chi connectivity index (χ3v) is 1.25. The summed E-state index contributed by atoms with van der Waals surface area (Å²) in [6, 6.07) is 7.80. The van der Waals surface area contributed by atoms with Crippen LogP contribution in [0.4, 0.5) is 15.3 Å². The molecule has 68 valence electrons. The predicted molar refractivity (Wildman–Crippen MR) is 46.6 cm³/mol. The zero-order valence-corrected chi connectivity index (χ0v) is 6.65. The van der Waals surface area contributed by atoms with Gasteiger partial charge in [0.15, 0.2) is 0 Å². The van der Waals surface area contributed by atoms with Crippen LogP contribution in [0.3, 0.4) is 0 Å². The lowest BCUT2D eigenvalue weighted by atomic mass is 10.3. The molecule has 5 heteroatoms. The number of rotatable bonds is 1. The molecule has 0 fully saturated rings. The zero-order valence-electron chi connectivity index (χ0n) is 6.65. The third-order valence-electron chi connectivity index (χ3n) is 1.25. The fourth-order valence-corrected chi connectivity index (χ4v) is 0.781. The molecular weight excluding hydrogens is 172 g/mol. The van der Waals surface area contributed by atoms with E-state index >= 15 is 0 Å². The summed E-state index contributed by atoms with van der Waals surface area (Å²) in [4.78, 5) is 20.8. The van der Waals surface area contributed by atoms with Crippen molar-refractivity contribution in [2.45, 2.75) is 0 Å². The van der Waals surface area contributed by atoms with Gasteiger partial charge in [-0.05, 0) is 12.1 Å². The number of anilines is 1. The molecule has 0 aliphatic carbocycles. The van der Waals surface area contributed by atoms with Crippen LogP contribution in [-0.2, 0) is 0 Å². The van der Waals surface area contributed by atoms with Crippen LogP contribution in [0.15, 0.2) is 30.3 Å². The highest BCUT2D eigenvalue weighted by atomic mass is 16.4. The van der Waals surface area contributed by atoms with E-state index in [1.54, 1.807) is 35.6 Å². The van der Waals surface area contributed by atoms with Gasteiger partial charge in [-0.15, -0.1) is 0 Å². The molecule has 0 spiro atoms. The summed E-state index contributed by atoms with van der Waals surface area (Å²) in [6.45, 7) is 0. The highest BCUT2D eigenvalue weighted by Gasteiger charge is 2.03. The van der Waals surface area contributed by atoms with Gasteiger partial charge < -0.3 is 10.4 Å². The van der Waals surface area contributed by atoms with Crippen LogP contribution in [0.25, 0.3) is 0 Å². The molecular formula is C8H8N2O3. The van der Waals surface area contributed by atoms with Crippen LogP contribution in [0, 0.1) is 0 Å². The summed E-state index contributed by atoms with van der Waals surface area (Å²) < 4.78 is 0. The minimum Gasteiger partial charge on any atom is -0.465 e. The number of hydrogen-bond donors (Lipinski definition) is 3. The van der Waals surface area contributed by atoms with Crippen LogP contribution in [0.5, 0.6) is 0 Å². The first-order valence-corrected chi connectivity index (χ1v) is 3.54. The van der Waals surface area contributed by atoms with Crippen molar-refractivity contribution in [2.24, 2.45) is 0 Å². The van der Waals surface area contributed by atoms with E-state index < -0.39 is 12.1 Å². The minimum atomic E-state index is -1.38. The maximum Gasteiger partial charge on any atom is 0.412 e. The number of hydrogen-bond acceptors (Lipinski definition) is 2. The number of carboxylic acid groups (broad SMARTS) is 1. The highest BCUT2D eigenvalue weighted by Crippen LogP contribution is 2.03. The molecule has 0 radical (unpaired) electrons. The summed E-state index contributed by atoms with van der Waals surface area (Å²) in [5.74, 6) is 0. The third kappa shape index (κ3) is 3.24. The molecule has 1 aromatic rings. The van der Waals surface area contributed by atoms with Gasteiger partial charge in [-0.3, -0.25) is 0 Å². The first-order valence-electron chi connectivity index (χ1n) is 3.54. The fourth-order valence-electron chi connectivity index (χ4n) is 0.781. The van der Waals surface area contributed by atoms with Gasteiger partial charge in [0.25, 0.3) is 0 Å². The van der Waals surface area contributed by atoms with Crippen molar-refractivity contribution in [1.29, 1.82) is 0 Å². The SMILES string of the molecule is O=C(O)NC(=O)Nc1ccccc1. The maximum absolute atomic E-state index is 10.8. The fraction of sp³-hybridized carbons (Fsp3) is 0. The minimum absolute atomic E-state index is 0.543. The zero-order chi connectivity index (χ0) is 9.68. The van der Waals surface area contributed by atoms with Gasteiger partial charge in [0.05, 0.1) is 0 Å². The Morgan fingerprint density at radius 3 is 2.31 bits per heavy atom. The number of imide groups is 1. The van der Waals surface area contributed by atoms with Gasteiger partial charge >= 0.3 is 12.1 Å². The van der Waals surface area contributed by atoms with Gasteiger partial charge in [0.1, 0.15) is 0 Å². The summed E-state index contributed by atoms with van der Waals surface area (Å²) in [5.41, 5.74) is 0.543. The van der Waals surface area contributed by atoms with Crippen molar-refractivity contribution in [3.05, 3.63) is 30.3 Å². The average Bonchev–Trinajstić information content (AvgIpc) is 2.04. The quantitative estimate of drug-likeness (QED) is 0.612. The Bertz CT molecular complexity index is 310. The van der Waals surface area contributed by atoms with Crippen molar-refractivity contribution in [3.63, 3.8) is 0 Å². The van der Waals surface area contributed by atoms with Crippen LogP contribution < -0.4 is 10.6 Å². The number of benzene rings is 1. The Morgan fingerprint density at radius 1 is 1.15 bits per heavy atom. The second-order valence-corrected chi connectivity index (χ2v) is 2.25. The van der Waals surface area contributed by atoms with Crippen LogP contribution in [0.2, 0.25) is 0 Å². The van der Waals surface area contributed by atoms with Crippen molar-refractivity contribution >= 4 is 17.8 Å². The number of urea groups is 1. The normalized spacial score (nSPS) is 8.92. The molecule has 0 heterocycles. The number of carbonyl (C=O) groups excluding carboxylic acids is 1. The molecule has 0 aliphatic rings. The first-order chi connectivity index (χ1) is 6.18. The molecule has 3 N–H and O–H groups in total. The van der Waals surface area contributed by atoms with E-state index in [1.807, 2.05) is 0 Å². The molecule has 0 aliphatic heterocycles. The lowest BCUT2D eigenvalue weighted by Gasteiger charge is -2.02. The van der Waals surface area contributed by atoms with E-state index in [9.17, 15) is 9.59 Å². The van der Waals surface area contributed by atoms with E-state index in [0.717, 1.165) is 0 Å². The molecule has 0 saturated heterocycles. The Labute approximate surface area is 74.4 Å². The van der Waals surface area contributed by atoms with E-state index in [4.69, 9.17) is 5.11 Å². The molecule has 13 heavy (non-hydrogen) atoms. The lowest BCUT2D eigenvalue weighted by molar-refractivity contribution is 0.194. The second-order valence-electron chi connectivity index (χ2n) is 2.25. The standard InChI is InChI=1S/C8H8N2O3/c11-7(10-8(12)13)9-6-4-2-1-3-5-6/h1-5H,(H,12,13)(H2,9,10,11). The highest BCUT2D eigenvalue weighted by molar-refractivity contribution is 5.98. The van der Waals surface area contributed by atoms with Gasteiger partial charge in [-0.2, -0.15) is 0 Å². The molecule has 0 unspecified atom stereocenters. The van der Waals surface area contributed by atoms with E-state index in [1.165, 1.54) is 0 Å². The Morgan fingerprint density at radius 2 is 1.77 bits per heavy atom. The van der Waals surface area contributed by atoms with Crippen LogP contribution >= 0.6 is 0 Å². The van der Waals surface area contributed by atoms with E-state index in [-0.39, 0.29) is 0 Å². The Balaban J connectivity index is 2.50. The molecule has 1 aromatic carbocycles. The predicted octanol–water partition coefficient (Wildman–Crippen LogP) is 1.49. The topological polar surface area (TPSA) is 78.4 Å². The Hall–Kier alpha value is -2.04. The Kier molecular flexibility index (Phi) is 2.86. The van der Waals surface area contributed by atoms with Crippen molar-refractivity contribution < 1.29 is 14.7 Å². The maximum atomic E-state index is 10.8. The largest absolute Gasteiger partial charge is 0.465 e. The first kappa shape index (κ1) is 9.05. The van der Waals surface area contributed by atoms with E-state index in [2.05, 4.69) is 5.32 Å². The molecule has 0 aromatic heterocycles. The molecule has 3 amide bonds. The van der Waals surface area contributed by atoms with Gasteiger partial charge in [-0.25, -0.2) is 14.9 Å². The van der Waals surface area contributed by atoms with Gasteiger partial charge in [-0.1, -0.05) is 18.2 Å². The number of para-hydroxylation sites is 1. The summed E-state index contributed by atoms with van der Waals surface area (Å²) in [7, 11) is 0. The summed E-state index contributed by atoms with van der Waals surface area (Å²) in [6.07, 6.45) is -1.38. The number of amides is 3. The molecule has 1 rings (SSSR count). The summed E-state index contributed by atoms with van der Waals surface area (Å²) in [5, 5.41) is 12.2. The van der Waals surface area contributed by atoms with Crippen LogP contribution in [0.1, 0.15) is 0 Å². The molecule has 0 atom stereocenters. The average molecular weight is 180 g/mol. The smallest absolute Gasteiger partial charge is 0.412 e. The lowest BCUT2D eigenvalue weighted by Crippen LogP contribution is -2.32.